The Bertz CT molecular complexity index is 644. The normalized spacial score (nSPS) is 24.0. The van der Waals surface area contributed by atoms with E-state index in [-0.39, 0.29) is 10.6 Å². The van der Waals surface area contributed by atoms with Crippen molar-refractivity contribution in [3.8, 4) is 0 Å². The van der Waals surface area contributed by atoms with Crippen LogP contribution in [0.25, 0.3) is 0 Å². The number of sulfonamides is 1. The van der Waals surface area contributed by atoms with Crippen LogP contribution >= 0.6 is 0 Å². The van der Waals surface area contributed by atoms with Gasteiger partial charge in [0.25, 0.3) is 0 Å². The van der Waals surface area contributed by atoms with Crippen molar-refractivity contribution in [3.63, 3.8) is 0 Å². The Morgan fingerprint density at radius 3 is 2.62 bits per heavy atom. The highest BCUT2D eigenvalue weighted by molar-refractivity contribution is 7.89. The van der Waals surface area contributed by atoms with E-state index in [0.717, 1.165) is 0 Å². The molecule has 5 nitrogen and oxygen atoms in total. The second-order valence-electron chi connectivity index (χ2n) is 5.93. The topological polar surface area (TPSA) is 83.6 Å². The molecule has 1 heterocycles. The van der Waals surface area contributed by atoms with Crippen molar-refractivity contribution < 1.29 is 17.9 Å². The zero-order valence-corrected chi connectivity index (χ0v) is 13.1. The van der Waals surface area contributed by atoms with E-state index in [1.807, 2.05) is 0 Å². The molecule has 1 atom stereocenters. The van der Waals surface area contributed by atoms with Crippen molar-refractivity contribution >= 4 is 15.7 Å². The monoisotopic (exact) mass is 316 g/mol. The molecule has 21 heavy (non-hydrogen) atoms. The largest absolute Gasteiger partial charge is 0.390 e. The van der Waals surface area contributed by atoms with E-state index >= 15 is 0 Å². The van der Waals surface area contributed by atoms with Crippen LogP contribution < -0.4 is 10.0 Å². The van der Waals surface area contributed by atoms with E-state index < -0.39 is 21.4 Å². The van der Waals surface area contributed by atoms with Crippen molar-refractivity contribution in [2.75, 3.05) is 18.0 Å². The number of nitrogens with two attached hydrogens (primary N) is 1. The molecule has 1 aromatic carbocycles. The average Bonchev–Trinajstić information content (AvgIpc) is 2.52. The van der Waals surface area contributed by atoms with Gasteiger partial charge >= 0.3 is 0 Å². The summed E-state index contributed by atoms with van der Waals surface area (Å²) in [6.45, 7) is 4.19. The number of nitrogens with zero attached hydrogens (tertiary/aromatic N) is 1. The van der Waals surface area contributed by atoms with Gasteiger partial charge in [0.2, 0.25) is 10.0 Å². The molecule has 1 unspecified atom stereocenters. The van der Waals surface area contributed by atoms with Gasteiger partial charge in [0.15, 0.2) is 5.82 Å². The summed E-state index contributed by atoms with van der Waals surface area (Å²) in [6.07, 6.45) is 1.70. The lowest BCUT2D eigenvalue weighted by molar-refractivity contribution is 0.0481. The van der Waals surface area contributed by atoms with Gasteiger partial charge in [-0.25, -0.2) is 17.9 Å². The predicted molar refractivity (Wildman–Crippen MR) is 79.2 cm³/mol. The summed E-state index contributed by atoms with van der Waals surface area (Å²) in [5.41, 5.74) is -0.416. The Morgan fingerprint density at radius 1 is 1.33 bits per heavy atom. The fraction of sp³-hybridized carbons (Fsp3) is 0.571. The number of anilines is 1. The highest BCUT2D eigenvalue weighted by Crippen LogP contribution is 2.33. The lowest BCUT2D eigenvalue weighted by Crippen LogP contribution is -2.30. The fourth-order valence-electron chi connectivity index (χ4n) is 2.66. The van der Waals surface area contributed by atoms with Gasteiger partial charge in [-0.05, 0) is 44.7 Å². The second kappa shape index (κ2) is 5.55. The van der Waals surface area contributed by atoms with E-state index in [2.05, 4.69) is 0 Å². The van der Waals surface area contributed by atoms with Crippen LogP contribution in [0.1, 0.15) is 31.7 Å². The number of aliphatic hydroxyl groups is 1. The predicted octanol–water partition coefficient (Wildman–Crippen LogP) is 1.52. The molecule has 1 aliphatic rings. The summed E-state index contributed by atoms with van der Waals surface area (Å²) in [7, 11) is -4.01. The Labute approximate surface area is 124 Å². The first kappa shape index (κ1) is 16.2. The Balaban J connectivity index is 2.50. The van der Waals surface area contributed by atoms with E-state index in [1.165, 1.54) is 12.1 Å². The molecule has 118 valence electrons. The Kier molecular flexibility index (Phi) is 4.28. The number of aryl methyl sites for hydroxylation is 1. The molecule has 0 bridgehead atoms. The number of hydrogen-bond acceptors (Lipinski definition) is 4. The smallest absolute Gasteiger partial charge is 0.240 e. The van der Waals surface area contributed by atoms with Crippen molar-refractivity contribution in [3.05, 3.63) is 23.5 Å². The maximum Gasteiger partial charge on any atom is 0.240 e. The lowest BCUT2D eigenvalue weighted by Gasteiger charge is -2.26. The zero-order valence-electron chi connectivity index (χ0n) is 12.3. The summed E-state index contributed by atoms with van der Waals surface area (Å²) in [4.78, 5) is 1.47. The van der Waals surface area contributed by atoms with Crippen molar-refractivity contribution in [2.24, 2.45) is 5.14 Å². The molecule has 0 aromatic heterocycles. The van der Waals surface area contributed by atoms with Gasteiger partial charge < -0.3 is 10.0 Å². The van der Waals surface area contributed by atoms with Crippen LogP contribution in [-0.4, -0.2) is 32.2 Å². The molecule has 0 spiro atoms. The summed E-state index contributed by atoms with van der Waals surface area (Å²) in [6, 6.07) is 2.75. The SMILES string of the molecule is Cc1ccc(S(N)(=O)=O)c(N2CCCC(C)(O)CC2)c1F. The van der Waals surface area contributed by atoms with Crippen molar-refractivity contribution in [1.29, 1.82) is 0 Å². The van der Waals surface area contributed by atoms with Gasteiger partial charge in [-0.15, -0.1) is 0 Å². The van der Waals surface area contributed by atoms with Gasteiger partial charge in [0.05, 0.1) is 11.3 Å². The van der Waals surface area contributed by atoms with E-state index in [9.17, 15) is 17.9 Å². The number of primary sulfonamides is 1. The molecule has 2 rings (SSSR count). The summed E-state index contributed by atoms with van der Waals surface area (Å²) in [5.74, 6) is -0.567. The van der Waals surface area contributed by atoms with Crippen LogP contribution in [-0.2, 0) is 10.0 Å². The van der Waals surface area contributed by atoms with Crippen LogP contribution in [0.5, 0.6) is 0 Å². The third kappa shape index (κ3) is 3.53. The van der Waals surface area contributed by atoms with Gasteiger partial charge in [-0.3, -0.25) is 0 Å². The van der Waals surface area contributed by atoms with Crippen LogP contribution in [0.3, 0.4) is 0 Å². The molecule has 1 fully saturated rings. The Morgan fingerprint density at radius 2 is 2.00 bits per heavy atom. The molecule has 1 aliphatic heterocycles. The average molecular weight is 316 g/mol. The number of halogens is 1. The molecule has 7 heteroatoms. The first-order chi connectivity index (χ1) is 9.62. The minimum Gasteiger partial charge on any atom is -0.390 e. The molecule has 0 amide bonds. The first-order valence-corrected chi connectivity index (χ1v) is 8.46. The summed E-state index contributed by atoms with van der Waals surface area (Å²) >= 11 is 0. The molecule has 0 saturated carbocycles. The molecule has 3 N–H and O–H groups in total. The van der Waals surface area contributed by atoms with E-state index in [4.69, 9.17) is 5.14 Å². The molecule has 1 saturated heterocycles. The third-order valence-electron chi connectivity index (χ3n) is 3.96. The summed E-state index contributed by atoms with van der Waals surface area (Å²) in [5, 5.41) is 15.3. The highest BCUT2D eigenvalue weighted by Gasteiger charge is 2.29. The van der Waals surface area contributed by atoms with E-state index in [0.29, 0.717) is 37.9 Å². The minimum absolute atomic E-state index is 0.0233. The number of benzene rings is 1. The standard InChI is InChI=1S/C14H21FN2O3S/c1-10-4-5-11(21(16,19)20)13(12(10)15)17-8-3-6-14(2,18)7-9-17/h4-5,18H,3,6-9H2,1-2H3,(H2,16,19,20). The van der Waals surface area contributed by atoms with Gasteiger partial charge in [-0.1, -0.05) is 6.07 Å². The molecule has 0 radical (unpaired) electrons. The lowest BCUT2D eigenvalue weighted by atomic mass is 9.98. The van der Waals surface area contributed by atoms with Crippen LogP contribution in [0.2, 0.25) is 0 Å². The van der Waals surface area contributed by atoms with Crippen LogP contribution in [0.15, 0.2) is 17.0 Å². The second-order valence-corrected chi connectivity index (χ2v) is 7.46. The minimum atomic E-state index is -4.01. The van der Waals surface area contributed by atoms with Crippen LogP contribution in [0, 0.1) is 12.7 Å². The molecular formula is C14H21FN2O3S. The number of rotatable bonds is 2. The maximum absolute atomic E-state index is 14.5. The molecule has 1 aromatic rings. The molecule has 0 aliphatic carbocycles. The first-order valence-electron chi connectivity index (χ1n) is 6.91. The highest BCUT2D eigenvalue weighted by atomic mass is 32.2. The quantitative estimate of drug-likeness (QED) is 0.866. The fourth-order valence-corrected chi connectivity index (χ4v) is 3.40. The van der Waals surface area contributed by atoms with Crippen LogP contribution in [0.4, 0.5) is 10.1 Å². The van der Waals surface area contributed by atoms with Gasteiger partial charge in [-0.2, -0.15) is 0 Å². The van der Waals surface area contributed by atoms with E-state index in [1.54, 1.807) is 18.7 Å². The Hall–Kier alpha value is -1.18. The number of hydrogen-bond donors (Lipinski definition) is 2. The summed E-state index contributed by atoms with van der Waals surface area (Å²) < 4.78 is 37.9. The third-order valence-corrected chi connectivity index (χ3v) is 4.90. The van der Waals surface area contributed by atoms with Crippen molar-refractivity contribution in [1.82, 2.24) is 0 Å². The zero-order chi connectivity index (χ0) is 15.8. The maximum atomic E-state index is 14.5. The molecular weight excluding hydrogens is 295 g/mol. The van der Waals surface area contributed by atoms with Crippen molar-refractivity contribution in [2.45, 2.75) is 43.6 Å². The van der Waals surface area contributed by atoms with Gasteiger partial charge in [0, 0.05) is 13.1 Å². The van der Waals surface area contributed by atoms with Gasteiger partial charge in [0.1, 0.15) is 4.90 Å².